The predicted octanol–water partition coefficient (Wildman–Crippen LogP) is 2.59. The van der Waals surface area contributed by atoms with Gasteiger partial charge in [-0.1, -0.05) is 11.6 Å². The zero-order chi connectivity index (χ0) is 15.4. The maximum Gasteiger partial charge on any atom is 0.216 e. The standard InChI is InChI=1S/C15H15ClFN3O2/c16-10-1-2-13(12(17)7-10)21-9-14-19-6-4-15(20-14)22-11-3-5-18-8-11/h1-2,4,6-7,11,18H,3,5,8-9H2/t11-/m0/s1. The van der Waals surface area contributed by atoms with E-state index in [1.165, 1.54) is 12.1 Å². The Labute approximate surface area is 132 Å². The van der Waals surface area contributed by atoms with Gasteiger partial charge in [0.2, 0.25) is 5.88 Å². The van der Waals surface area contributed by atoms with Crippen molar-refractivity contribution in [2.45, 2.75) is 19.1 Å². The lowest BCUT2D eigenvalue weighted by atomic mass is 10.3. The number of aromatic nitrogens is 2. The third-order valence-corrected chi connectivity index (χ3v) is 3.47. The Bertz CT molecular complexity index is 650. The van der Waals surface area contributed by atoms with Crippen LogP contribution in [0.5, 0.6) is 11.6 Å². The van der Waals surface area contributed by atoms with Gasteiger partial charge in [-0.15, -0.1) is 0 Å². The number of nitrogens with one attached hydrogen (secondary N) is 1. The molecule has 0 aliphatic carbocycles. The van der Waals surface area contributed by atoms with Crippen molar-refractivity contribution in [2.24, 2.45) is 0 Å². The highest BCUT2D eigenvalue weighted by atomic mass is 35.5. The van der Waals surface area contributed by atoms with E-state index in [0.29, 0.717) is 16.7 Å². The zero-order valence-electron chi connectivity index (χ0n) is 11.8. The second kappa shape index (κ2) is 6.89. The van der Waals surface area contributed by atoms with Crippen LogP contribution in [-0.4, -0.2) is 29.2 Å². The topological polar surface area (TPSA) is 56.3 Å². The van der Waals surface area contributed by atoms with Crippen LogP contribution in [0.2, 0.25) is 5.02 Å². The molecule has 7 heteroatoms. The smallest absolute Gasteiger partial charge is 0.216 e. The van der Waals surface area contributed by atoms with E-state index >= 15 is 0 Å². The number of rotatable bonds is 5. The molecule has 2 heterocycles. The average Bonchev–Trinajstić information content (AvgIpc) is 3.00. The molecule has 0 spiro atoms. The lowest BCUT2D eigenvalue weighted by Gasteiger charge is -2.12. The Morgan fingerprint density at radius 1 is 1.36 bits per heavy atom. The van der Waals surface area contributed by atoms with Crippen LogP contribution < -0.4 is 14.8 Å². The maximum absolute atomic E-state index is 13.6. The number of halogens is 2. The average molecular weight is 324 g/mol. The second-order valence-electron chi connectivity index (χ2n) is 4.91. The van der Waals surface area contributed by atoms with E-state index in [1.807, 2.05) is 0 Å². The number of hydrogen-bond acceptors (Lipinski definition) is 5. The van der Waals surface area contributed by atoms with Crippen LogP contribution in [0.15, 0.2) is 30.5 Å². The van der Waals surface area contributed by atoms with Gasteiger partial charge >= 0.3 is 0 Å². The van der Waals surface area contributed by atoms with Gasteiger partial charge in [-0.25, -0.2) is 9.37 Å². The van der Waals surface area contributed by atoms with Crippen molar-refractivity contribution in [3.8, 4) is 11.6 Å². The highest BCUT2D eigenvalue weighted by Gasteiger charge is 2.16. The predicted molar refractivity (Wildman–Crippen MR) is 79.7 cm³/mol. The second-order valence-corrected chi connectivity index (χ2v) is 5.34. The summed E-state index contributed by atoms with van der Waals surface area (Å²) >= 11 is 5.69. The van der Waals surface area contributed by atoms with Crippen molar-refractivity contribution in [1.82, 2.24) is 15.3 Å². The highest BCUT2D eigenvalue weighted by molar-refractivity contribution is 6.30. The van der Waals surface area contributed by atoms with E-state index in [0.717, 1.165) is 19.5 Å². The summed E-state index contributed by atoms with van der Waals surface area (Å²) in [6.07, 6.45) is 2.67. The van der Waals surface area contributed by atoms with Crippen LogP contribution in [0.3, 0.4) is 0 Å². The monoisotopic (exact) mass is 323 g/mol. The molecular formula is C15H15ClFN3O2. The molecule has 22 heavy (non-hydrogen) atoms. The third-order valence-electron chi connectivity index (χ3n) is 3.23. The minimum absolute atomic E-state index is 0.0542. The van der Waals surface area contributed by atoms with Crippen molar-refractivity contribution in [3.63, 3.8) is 0 Å². The Kier molecular flexibility index (Phi) is 4.70. The fourth-order valence-corrected chi connectivity index (χ4v) is 2.31. The fourth-order valence-electron chi connectivity index (χ4n) is 2.15. The first-order valence-corrected chi connectivity index (χ1v) is 7.35. The molecular weight excluding hydrogens is 309 g/mol. The van der Waals surface area contributed by atoms with Gasteiger partial charge < -0.3 is 14.8 Å². The number of nitrogens with zero attached hydrogens (tertiary/aromatic N) is 2. The van der Waals surface area contributed by atoms with Crippen molar-refractivity contribution in [1.29, 1.82) is 0 Å². The third kappa shape index (κ3) is 3.84. The van der Waals surface area contributed by atoms with Crippen molar-refractivity contribution >= 4 is 11.6 Å². The van der Waals surface area contributed by atoms with E-state index in [4.69, 9.17) is 21.1 Å². The van der Waals surface area contributed by atoms with E-state index in [2.05, 4.69) is 15.3 Å². The van der Waals surface area contributed by atoms with E-state index in [1.54, 1.807) is 18.3 Å². The Morgan fingerprint density at radius 2 is 2.27 bits per heavy atom. The minimum atomic E-state index is -0.517. The summed E-state index contributed by atoms with van der Waals surface area (Å²) in [5.41, 5.74) is 0. The van der Waals surface area contributed by atoms with Gasteiger partial charge in [0.15, 0.2) is 17.4 Å². The summed E-state index contributed by atoms with van der Waals surface area (Å²) in [7, 11) is 0. The molecule has 0 amide bonds. The molecule has 1 saturated heterocycles. The lowest BCUT2D eigenvalue weighted by molar-refractivity contribution is 0.210. The summed E-state index contributed by atoms with van der Waals surface area (Å²) < 4.78 is 24.7. The molecule has 1 fully saturated rings. The number of ether oxygens (including phenoxy) is 2. The summed E-state index contributed by atoms with van der Waals surface area (Å²) in [4.78, 5) is 8.36. The quantitative estimate of drug-likeness (QED) is 0.916. The molecule has 1 N–H and O–H groups in total. The Balaban J connectivity index is 1.62. The molecule has 5 nitrogen and oxygen atoms in total. The largest absolute Gasteiger partial charge is 0.483 e. The first-order valence-electron chi connectivity index (χ1n) is 6.98. The molecule has 0 bridgehead atoms. The van der Waals surface area contributed by atoms with Gasteiger partial charge in [-0.05, 0) is 31.2 Å². The summed E-state index contributed by atoms with van der Waals surface area (Å²) in [5, 5.41) is 3.54. The zero-order valence-corrected chi connectivity index (χ0v) is 12.5. The molecule has 1 aliphatic rings. The first-order chi connectivity index (χ1) is 10.7. The molecule has 1 aromatic carbocycles. The van der Waals surface area contributed by atoms with Gasteiger partial charge in [0.05, 0.1) is 0 Å². The lowest BCUT2D eigenvalue weighted by Crippen LogP contribution is -2.20. The SMILES string of the molecule is Fc1cc(Cl)ccc1OCc1nccc(O[C@H]2CCNC2)n1. The minimum Gasteiger partial charge on any atom is -0.483 e. The number of hydrogen-bond donors (Lipinski definition) is 1. The molecule has 3 rings (SSSR count). The van der Waals surface area contributed by atoms with Gasteiger partial charge in [-0.3, -0.25) is 0 Å². The molecule has 0 radical (unpaired) electrons. The maximum atomic E-state index is 13.6. The van der Waals surface area contributed by atoms with E-state index < -0.39 is 5.82 Å². The van der Waals surface area contributed by atoms with Crippen molar-refractivity contribution in [3.05, 3.63) is 47.1 Å². The molecule has 1 aromatic heterocycles. The normalized spacial score (nSPS) is 17.5. The summed E-state index contributed by atoms with van der Waals surface area (Å²) in [5.74, 6) is 0.521. The van der Waals surface area contributed by atoms with Crippen LogP contribution in [0.1, 0.15) is 12.2 Å². The van der Waals surface area contributed by atoms with Gasteiger partial charge in [0, 0.05) is 23.8 Å². The molecule has 1 aliphatic heterocycles. The van der Waals surface area contributed by atoms with Crippen molar-refractivity contribution in [2.75, 3.05) is 13.1 Å². The summed E-state index contributed by atoms with van der Waals surface area (Å²) in [6, 6.07) is 5.94. The Hall–Kier alpha value is -1.92. The molecule has 1 atom stereocenters. The van der Waals surface area contributed by atoms with Crippen LogP contribution >= 0.6 is 11.6 Å². The summed E-state index contributed by atoms with van der Waals surface area (Å²) in [6.45, 7) is 1.81. The first kappa shape index (κ1) is 15.0. The van der Waals surface area contributed by atoms with Crippen LogP contribution in [-0.2, 0) is 6.61 Å². The van der Waals surface area contributed by atoms with Crippen molar-refractivity contribution < 1.29 is 13.9 Å². The van der Waals surface area contributed by atoms with Gasteiger partial charge in [0.1, 0.15) is 12.7 Å². The molecule has 0 unspecified atom stereocenters. The van der Waals surface area contributed by atoms with E-state index in [9.17, 15) is 4.39 Å². The van der Waals surface area contributed by atoms with E-state index in [-0.39, 0.29) is 18.5 Å². The van der Waals surface area contributed by atoms with Gasteiger partial charge in [0.25, 0.3) is 0 Å². The molecule has 116 valence electrons. The molecule has 2 aromatic rings. The number of benzene rings is 1. The van der Waals surface area contributed by atoms with Crippen LogP contribution in [0.25, 0.3) is 0 Å². The molecule has 0 saturated carbocycles. The fraction of sp³-hybridized carbons (Fsp3) is 0.333. The highest BCUT2D eigenvalue weighted by Crippen LogP contribution is 2.22. The van der Waals surface area contributed by atoms with Crippen LogP contribution in [0.4, 0.5) is 4.39 Å². The Morgan fingerprint density at radius 3 is 3.05 bits per heavy atom. The van der Waals surface area contributed by atoms with Gasteiger partial charge in [-0.2, -0.15) is 4.98 Å². The van der Waals surface area contributed by atoms with Crippen LogP contribution in [0, 0.1) is 5.82 Å².